The van der Waals surface area contributed by atoms with Gasteiger partial charge in [-0.1, -0.05) is 35.1 Å². The molecule has 0 unspecified atom stereocenters. The second-order valence-corrected chi connectivity index (χ2v) is 8.64. The molecule has 1 aromatic heterocycles. The Morgan fingerprint density at radius 3 is 2.27 bits per heavy atom. The predicted octanol–water partition coefficient (Wildman–Crippen LogP) is 3.90. The van der Waals surface area contributed by atoms with Crippen LogP contribution in [-0.4, -0.2) is 52.1 Å². The molecule has 156 valence electrons. The molecule has 0 aliphatic carbocycles. The average molecular weight is 446 g/mol. The van der Waals surface area contributed by atoms with Gasteiger partial charge in [-0.25, -0.2) is 4.39 Å². The summed E-state index contributed by atoms with van der Waals surface area (Å²) in [7, 11) is 0. The van der Waals surface area contributed by atoms with Crippen molar-refractivity contribution in [3.8, 4) is 0 Å². The number of halogens is 2. The van der Waals surface area contributed by atoms with Crippen molar-refractivity contribution in [2.75, 3.05) is 31.5 Å². The lowest BCUT2D eigenvalue weighted by molar-refractivity contribution is 0.102. The maximum Gasteiger partial charge on any atom is 0.286 e. The van der Waals surface area contributed by atoms with E-state index in [2.05, 4.69) is 37.4 Å². The molecule has 2 aromatic carbocycles. The Morgan fingerprint density at radius 2 is 1.60 bits per heavy atom. The van der Waals surface area contributed by atoms with E-state index in [9.17, 15) is 9.18 Å². The van der Waals surface area contributed by atoms with Gasteiger partial charge < -0.3 is 5.32 Å². The molecule has 4 rings (SSSR count). The van der Waals surface area contributed by atoms with Crippen LogP contribution in [0.25, 0.3) is 0 Å². The summed E-state index contributed by atoms with van der Waals surface area (Å²) in [5.41, 5.74) is 1.78. The molecule has 1 aliphatic rings. The molecular weight excluding hydrogens is 425 g/mol. The molecule has 1 fully saturated rings. The molecule has 9 heteroatoms. The number of hydrogen-bond donors (Lipinski definition) is 1. The van der Waals surface area contributed by atoms with E-state index in [-0.39, 0.29) is 11.7 Å². The van der Waals surface area contributed by atoms with E-state index in [0.29, 0.717) is 17.2 Å². The molecule has 1 aliphatic heterocycles. The number of carbonyl (C=O) groups is 1. The van der Waals surface area contributed by atoms with Crippen LogP contribution in [0.3, 0.4) is 0 Å². The van der Waals surface area contributed by atoms with E-state index in [0.717, 1.165) is 42.8 Å². The van der Waals surface area contributed by atoms with Crippen molar-refractivity contribution >= 4 is 34.5 Å². The Balaban J connectivity index is 1.25. The van der Waals surface area contributed by atoms with Gasteiger partial charge in [0.1, 0.15) is 10.8 Å². The number of rotatable bonds is 6. The van der Waals surface area contributed by atoms with Gasteiger partial charge in [-0.05, 0) is 42.0 Å². The third-order valence-corrected chi connectivity index (χ3v) is 6.07. The van der Waals surface area contributed by atoms with Crippen LogP contribution >= 0.6 is 22.9 Å². The lowest BCUT2D eigenvalue weighted by Gasteiger charge is -2.34. The highest BCUT2D eigenvalue weighted by Crippen LogP contribution is 2.17. The van der Waals surface area contributed by atoms with E-state index in [1.807, 2.05) is 12.1 Å². The largest absolute Gasteiger partial charge is 0.320 e. The van der Waals surface area contributed by atoms with Crippen molar-refractivity contribution in [1.29, 1.82) is 0 Å². The molecule has 1 saturated heterocycles. The normalized spacial score (nSPS) is 15.3. The minimum Gasteiger partial charge on any atom is -0.320 e. The van der Waals surface area contributed by atoms with Crippen LogP contribution < -0.4 is 5.32 Å². The van der Waals surface area contributed by atoms with Gasteiger partial charge in [-0.15, -0.1) is 10.2 Å². The first kappa shape index (κ1) is 20.9. The SMILES string of the molecule is O=C(Nc1ccc(F)cc1)c1nnc(CN2CCN(Cc3ccc(Cl)cc3)CC2)s1. The summed E-state index contributed by atoms with van der Waals surface area (Å²) in [6, 6.07) is 13.6. The number of benzene rings is 2. The van der Waals surface area contributed by atoms with E-state index in [4.69, 9.17) is 11.6 Å². The molecule has 6 nitrogen and oxygen atoms in total. The van der Waals surface area contributed by atoms with E-state index in [1.165, 1.54) is 41.2 Å². The third-order valence-electron chi connectivity index (χ3n) is 4.91. The van der Waals surface area contributed by atoms with Crippen LogP contribution in [0.4, 0.5) is 10.1 Å². The zero-order chi connectivity index (χ0) is 20.9. The summed E-state index contributed by atoms with van der Waals surface area (Å²) in [5.74, 6) is -0.683. The lowest BCUT2D eigenvalue weighted by Crippen LogP contribution is -2.45. The molecule has 3 aromatic rings. The van der Waals surface area contributed by atoms with E-state index >= 15 is 0 Å². The Bertz CT molecular complexity index is 987. The monoisotopic (exact) mass is 445 g/mol. The quantitative estimate of drug-likeness (QED) is 0.623. The Kier molecular flexibility index (Phi) is 6.69. The molecule has 0 saturated carbocycles. The Hall–Kier alpha value is -2.39. The maximum absolute atomic E-state index is 13.0. The predicted molar refractivity (Wildman–Crippen MR) is 116 cm³/mol. The zero-order valence-corrected chi connectivity index (χ0v) is 17.8. The second-order valence-electron chi connectivity index (χ2n) is 7.14. The summed E-state index contributed by atoms with van der Waals surface area (Å²) >= 11 is 7.23. The highest BCUT2D eigenvalue weighted by molar-refractivity contribution is 7.13. The molecule has 0 bridgehead atoms. The molecule has 0 atom stereocenters. The maximum atomic E-state index is 13.0. The highest BCUT2D eigenvalue weighted by Gasteiger charge is 2.20. The fourth-order valence-electron chi connectivity index (χ4n) is 3.27. The van der Waals surface area contributed by atoms with Crippen LogP contribution in [-0.2, 0) is 13.1 Å². The molecule has 0 spiro atoms. The van der Waals surface area contributed by atoms with Gasteiger partial charge in [0.25, 0.3) is 5.91 Å². The summed E-state index contributed by atoms with van der Waals surface area (Å²) in [6.07, 6.45) is 0. The summed E-state index contributed by atoms with van der Waals surface area (Å²) in [4.78, 5) is 17.1. The van der Waals surface area contributed by atoms with E-state index < -0.39 is 0 Å². The van der Waals surface area contributed by atoms with Crippen LogP contribution in [0.15, 0.2) is 48.5 Å². The fraction of sp³-hybridized carbons (Fsp3) is 0.286. The van der Waals surface area contributed by atoms with Crippen LogP contribution in [0.1, 0.15) is 20.4 Å². The second kappa shape index (κ2) is 9.61. The fourth-order valence-corrected chi connectivity index (χ4v) is 4.18. The Morgan fingerprint density at radius 1 is 0.967 bits per heavy atom. The number of nitrogens with one attached hydrogen (secondary N) is 1. The van der Waals surface area contributed by atoms with Gasteiger partial charge >= 0.3 is 0 Å². The van der Waals surface area contributed by atoms with Gasteiger partial charge in [0.05, 0.1) is 6.54 Å². The number of aromatic nitrogens is 2. The van der Waals surface area contributed by atoms with Gasteiger partial charge in [-0.2, -0.15) is 0 Å². The molecule has 30 heavy (non-hydrogen) atoms. The number of amides is 1. The minimum atomic E-state index is -0.348. The van der Waals surface area contributed by atoms with Crippen molar-refractivity contribution in [1.82, 2.24) is 20.0 Å². The highest BCUT2D eigenvalue weighted by atomic mass is 35.5. The summed E-state index contributed by atoms with van der Waals surface area (Å²) < 4.78 is 13.0. The van der Waals surface area contributed by atoms with Crippen molar-refractivity contribution in [2.24, 2.45) is 0 Å². The molecule has 1 amide bonds. The standard InChI is InChI=1S/C21H21ClFN5OS/c22-16-3-1-15(2-4-16)13-27-9-11-28(12-10-27)14-19-25-26-21(30-19)20(29)24-18-7-5-17(23)6-8-18/h1-8H,9-14H2,(H,24,29). The number of nitrogens with zero attached hydrogens (tertiary/aromatic N) is 4. The van der Waals surface area contributed by atoms with Crippen LogP contribution in [0, 0.1) is 5.82 Å². The minimum absolute atomic E-state index is 0.302. The van der Waals surface area contributed by atoms with Gasteiger partial charge in [0, 0.05) is 43.4 Å². The van der Waals surface area contributed by atoms with Gasteiger partial charge in [0.15, 0.2) is 0 Å². The van der Waals surface area contributed by atoms with Gasteiger partial charge in [-0.3, -0.25) is 14.6 Å². The molecule has 0 radical (unpaired) electrons. The van der Waals surface area contributed by atoms with E-state index in [1.54, 1.807) is 0 Å². The number of anilines is 1. The first-order chi connectivity index (χ1) is 14.5. The molecular formula is C21H21ClFN5OS. The molecule has 2 heterocycles. The summed E-state index contributed by atoms with van der Waals surface area (Å²) in [6.45, 7) is 5.40. The van der Waals surface area contributed by atoms with Gasteiger partial charge in [0.2, 0.25) is 5.01 Å². The van der Waals surface area contributed by atoms with Crippen LogP contribution in [0.5, 0.6) is 0 Å². The van der Waals surface area contributed by atoms with Crippen molar-refractivity contribution in [2.45, 2.75) is 13.1 Å². The number of piperazine rings is 1. The van der Waals surface area contributed by atoms with Crippen molar-refractivity contribution < 1.29 is 9.18 Å². The van der Waals surface area contributed by atoms with Crippen LogP contribution in [0.2, 0.25) is 5.02 Å². The van der Waals surface area contributed by atoms with Crippen molar-refractivity contribution in [3.05, 3.63) is 74.9 Å². The Labute approximate surface area is 183 Å². The first-order valence-electron chi connectivity index (χ1n) is 9.63. The topological polar surface area (TPSA) is 61.4 Å². The third kappa shape index (κ3) is 5.60. The average Bonchev–Trinajstić information content (AvgIpc) is 3.21. The lowest BCUT2D eigenvalue weighted by atomic mass is 10.2. The number of hydrogen-bond acceptors (Lipinski definition) is 6. The smallest absolute Gasteiger partial charge is 0.286 e. The number of carbonyl (C=O) groups excluding carboxylic acids is 1. The van der Waals surface area contributed by atoms with Crippen molar-refractivity contribution in [3.63, 3.8) is 0 Å². The molecule has 1 N–H and O–H groups in total. The first-order valence-corrected chi connectivity index (χ1v) is 10.8. The zero-order valence-electron chi connectivity index (χ0n) is 16.2. The summed E-state index contributed by atoms with van der Waals surface area (Å²) in [5, 5.41) is 12.7.